The van der Waals surface area contributed by atoms with Crippen LogP contribution < -0.4 is 5.32 Å². The van der Waals surface area contributed by atoms with Crippen molar-refractivity contribution >= 4 is 16.1 Å². The topological polar surface area (TPSA) is 84.9 Å². The molecule has 0 saturated carbocycles. The summed E-state index contributed by atoms with van der Waals surface area (Å²) < 4.78 is 37.3. The third kappa shape index (κ3) is 5.82. The minimum absolute atomic E-state index is 0.0179. The van der Waals surface area contributed by atoms with Crippen LogP contribution in [0.15, 0.2) is 0 Å². The molecule has 1 saturated heterocycles. The van der Waals surface area contributed by atoms with Crippen molar-refractivity contribution in [3.63, 3.8) is 0 Å². The van der Waals surface area contributed by atoms with Crippen LogP contribution in [-0.2, 0) is 19.5 Å². The lowest BCUT2D eigenvalue weighted by Gasteiger charge is -2.45. The Bertz CT molecular complexity index is 580. The van der Waals surface area contributed by atoms with Crippen LogP contribution in [0.1, 0.15) is 60.3 Å². The van der Waals surface area contributed by atoms with E-state index in [9.17, 15) is 13.2 Å². The highest BCUT2D eigenvalue weighted by atomic mass is 32.2. The molecule has 3 atom stereocenters. The quantitative estimate of drug-likeness (QED) is 0.720. The Morgan fingerprint density at radius 3 is 2.54 bits per heavy atom. The van der Waals surface area contributed by atoms with Gasteiger partial charge in [0.25, 0.3) is 0 Å². The molecular formula is C18H36N2O5S. The van der Waals surface area contributed by atoms with Crippen molar-refractivity contribution in [3.05, 3.63) is 0 Å². The van der Waals surface area contributed by atoms with Gasteiger partial charge in [0.1, 0.15) is 0 Å². The number of rotatable bonds is 7. The smallest absolute Gasteiger partial charge is 0.407 e. The molecule has 3 unspecified atom stereocenters. The number of amides is 1. The molecule has 1 N–H and O–H groups in total. The van der Waals surface area contributed by atoms with Crippen molar-refractivity contribution in [3.8, 4) is 0 Å². The molecule has 0 aliphatic carbocycles. The normalized spacial score (nSPS) is 29.0. The van der Waals surface area contributed by atoms with E-state index in [1.54, 1.807) is 7.05 Å². The highest BCUT2D eigenvalue weighted by molar-refractivity contribution is 7.89. The Balaban J connectivity index is 3.19. The molecule has 7 nitrogen and oxygen atoms in total. The van der Waals surface area contributed by atoms with E-state index in [1.165, 1.54) is 11.4 Å². The highest BCUT2D eigenvalue weighted by Crippen LogP contribution is 2.42. The minimum Gasteiger partial charge on any atom is -0.453 e. The maximum absolute atomic E-state index is 12.6. The molecule has 1 heterocycles. The van der Waals surface area contributed by atoms with Gasteiger partial charge in [-0.05, 0) is 51.9 Å². The monoisotopic (exact) mass is 392 g/mol. The van der Waals surface area contributed by atoms with Crippen molar-refractivity contribution in [2.45, 2.75) is 78.0 Å². The van der Waals surface area contributed by atoms with Crippen molar-refractivity contribution in [2.24, 2.45) is 5.41 Å². The Labute approximate surface area is 158 Å². The van der Waals surface area contributed by atoms with Crippen molar-refractivity contribution in [2.75, 3.05) is 26.5 Å². The van der Waals surface area contributed by atoms with Gasteiger partial charge in [-0.25, -0.2) is 13.2 Å². The maximum Gasteiger partial charge on any atom is 0.407 e. The Kier molecular flexibility index (Phi) is 7.92. The molecule has 154 valence electrons. The molecule has 1 aliphatic heterocycles. The van der Waals surface area contributed by atoms with Gasteiger partial charge in [0.15, 0.2) is 0 Å². The molecule has 0 bridgehead atoms. The zero-order valence-corrected chi connectivity index (χ0v) is 18.1. The third-order valence-electron chi connectivity index (χ3n) is 5.58. The third-order valence-corrected chi connectivity index (χ3v) is 7.52. The first kappa shape index (κ1) is 23.2. The SMILES string of the molecule is CCC(C)(CC1(C)CCCS(=O)(=O)N(C)C1COC(C)C)NC(=O)OC. The second-order valence-electron chi connectivity index (χ2n) is 8.20. The molecule has 8 heteroatoms. The van der Waals surface area contributed by atoms with Gasteiger partial charge >= 0.3 is 6.09 Å². The lowest BCUT2D eigenvalue weighted by molar-refractivity contribution is -0.00601. The zero-order valence-electron chi connectivity index (χ0n) is 17.3. The summed E-state index contributed by atoms with van der Waals surface area (Å²) in [5, 5.41) is 2.94. The molecule has 26 heavy (non-hydrogen) atoms. The van der Waals surface area contributed by atoms with Crippen molar-refractivity contribution in [1.82, 2.24) is 9.62 Å². The van der Waals surface area contributed by atoms with Gasteiger partial charge in [-0.15, -0.1) is 0 Å². The average Bonchev–Trinajstić information content (AvgIpc) is 2.60. The van der Waals surface area contributed by atoms with Crippen LogP contribution in [0.25, 0.3) is 0 Å². The summed E-state index contributed by atoms with van der Waals surface area (Å²) >= 11 is 0. The fraction of sp³-hybridized carbons (Fsp3) is 0.944. The number of hydrogen-bond acceptors (Lipinski definition) is 5. The fourth-order valence-corrected chi connectivity index (χ4v) is 5.34. The van der Waals surface area contributed by atoms with Gasteiger partial charge in [-0.3, -0.25) is 0 Å². The maximum atomic E-state index is 12.6. The summed E-state index contributed by atoms with van der Waals surface area (Å²) in [5.41, 5.74) is -0.828. The summed E-state index contributed by atoms with van der Waals surface area (Å²) in [4.78, 5) is 11.8. The van der Waals surface area contributed by atoms with Gasteiger partial charge in [0.2, 0.25) is 10.0 Å². The van der Waals surface area contributed by atoms with Crippen LogP contribution in [0.2, 0.25) is 0 Å². The zero-order chi connectivity index (χ0) is 20.2. The van der Waals surface area contributed by atoms with Crippen LogP contribution in [0.5, 0.6) is 0 Å². The van der Waals surface area contributed by atoms with Crippen LogP contribution in [0, 0.1) is 5.41 Å². The lowest BCUT2D eigenvalue weighted by atomic mass is 9.69. The average molecular weight is 393 g/mol. The molecule has 0 radical (unpaired) electrons. The van der Waals surface area contributed by atoms with E-state index >= 15 is 0 Å². The molecule has 1 aliphatic rings. The van der Waals surface area contributed by atoms with E-state index in [0.29, 0.717) is 25.9 Å². The lowest BCUT2D eigenvalue weighted by Crippen LogP contribution is -2.55. The number of carbonyl (C=O) groups excluding carboxylic acids is 1. The number of sulfonamides is 1. The summed E-state index contributed by atoms with van der Waals surface area (Å²) in [6.45, 7) is 10.3. The van der Waals surface area contributed by atoms with Gasteiger partial charge in [0, 0.05) is 12.6 Å². The summed E-state index contributed by atoms with van der Waals surface area (Å²) in [5.74, 6) is 0.143. The molecule has 0 spiro atoms. The Hall–Kier alpha value is -0.860. The molecule has 1 fully saturated rings. The standard InChI is InChI=1S/C18H36N2O5S/c1-8-18(5,19-16(21)24-7)13-17(4)10-9-11-26(22,23)20(6)15(17)12-25-14(2)3/h14-15H,8-13H2,1-7H3,(H,19,21). The van der Waals surface area contributed by atoms with Crippen LogP contribution in [0.3, 0.4) is 0 Å². The summed E-state index contributed by atoms with van der Waals surface area (Å²) in [7, 11) is -0.326. The van der Waals surface area contributed by atoms with E-state index in [2.05, 4.69) is 12.2 Å². The number of alkyl carbamates (subject to hydrolysis) is 1. The molecule has 0 aromatic heterocycles. The van der Waals surface area contributed by atoms with Gasteiger partial charge < -0.3 is 14.8 Å². The highest BCUT2D eigenvalue weighted by Gasteiger charge is 2.47. The molecule has 1 amide bonds. The number of carbonyl (C=O) groups is 1. The van der Waals surface area contributed by atoms with E-state index in [1.807, 2.05) is 27.7 Å². The predicted octanol–water partition coefficient (Wildman–Crippen LogP) is 2.76. The predicted molar refractivity (Wildman–Crippen MR) is 103 cm³/mol. The second kappa shape index (κ2) is 8.89. The van der Waals surface area contributed by atoms with Crippen molar-refractivity contribution in [1.29, 1.82) is 0 Å². The van der Waals surface area contributed by atoms with Gasteiger partial charge in [0.05, 0.1) is 31.6 Å². The minimum atomic E-state index is -3.31. The largest absolute Gasteiger partial charge is 0.453 e. The van der Waals surface area contributed by atoms with E-state index in [4.69, 9.17) is 9.47 Å². The van der Waals surface area contributed by atoms with Gasteiger partial charge in [-0.2, -0.15) is 4.31 Å². The number of nitrogens with one attached hydrogen (secondary N) is 1. The van der Waals surface area contributed by atoms with Crippen LogP contribution >= 0.6 is 0 Å². The second-order valence-corrected chi connectivity index (χ2v) is 10.3. The molecule has 0 aromatic carbocycles. The first-order valence-electron chi connectivity index (χ1n) is 9.32. The number of nitrogens with zero attached hydrogens (tertiary/aromatic N) is 1. The first-order chi connectivity index (χ1) is 11.9. The summed E-state index contributed by atoms with van der Waals surface area (Å²) in [6.07, 6.45) is 2.25. The van der Waals surface area contributed by atoms with E-state index in [0.717, 1.165) is 6.42 Å². The summed E-state index contributed by atoms with van der Waals surface area (Å²) in [6, 6.07) is -0.289. The number of likely N-dealkylation sites (N-methyl/N-ethyl adjacent to an activating group) is 1. The van der Waals surface area contributed by atoms with Crippen LogP contribution in [0.4, 0.5) is 4.79 Å². The van der Waals surface area contributed by atoms with E-state index < -0.39 is 21.7 Å². The fourth-order valence-electron chi connectivity index (χ4n) is 3.84. The number of hydrogen-bond donors (Lipinski definition) is 1. The van der Waals surface area contributed by atoms with Crippen LogP contribution in [-0.4, -0.2) is 63.0 Å². The number of ether oxygens (including phenoxy) is 2. The van der Waals surface area contributed by atoms with Crippen molar-refractivity contribution < 1.29 is 22.7 Å². The first-order valence-corrected chi connectivity index (χ1v) is 10.9. The molecule has 1 rings (SSSR count). The van der Waals surface area contributed by atoms with E-state index in [-0.39, 0.29) is 23.3 Å². The Morgan fingerprint density at radius 2 is 2.04 bits per heavy atom. The Morgan fingerprint density at radius 1 is 1.42 bits per heavy atom. The van der Waals surface area contributed by atoms with Gasteiger partial charge in [-0.1, -0.05) is 13.8 Å². The molecule has 0 aromatic rings. The molecular weight excluding hydrogens is 356 g/mol. The number of methoxy groups -OCH3 is 1.